The van der Waals surface area contributed by atoms with Crippen molar-refractivity contribution in [2.24, 2.45) is 0 Å². The first-order chi connectivity index (χ1) is 11.7. The fourth-order valence-electron chi connectivity index (χ4n) is 2.58. The van der Waals surface area contributed by atoms with Crippen molar-refractivity contribution in [3.8, 4) is 11.5 Å². The first kappa shape index (κ1) is 15.4. The molecule has 24 heavy (non-hydrogen) atoms. The van der Waals surface area contributed by atoms with Gasteiger partial charge in [-0.05, 0) is 54.3 Å². The lowest BCUT2D eigenvalue weighted by Crippen LogP contribution is -2.18. The predicted molar refractivity (Wildman–Crippen MR) is 102 cm³/mol. The lowest BCUT2D eigenvalue weighted by atomic mass is 10.2. The molecule has 1 heterocycles. The van der Waals surface area contributed by atoms with Crippen LogP contribution < -0.4 is 15.1 Å². The summed E-state index contributed by atoms with van der Waals surface area (Å²) in [4.78, 5) is 0. The van der Waals surface area contributed by atoms with E-state index in [0.717, 1.165) is 28.1 Å². The minimum atomic E-state index is -2.27. The Hall–Kier alpha value is -2.13. The molecule has 0 radical (unpaired) electrons. The van der Waals surface area contributed by atoms with Crippen LogP contribution in [-0.2, 0) is 22.9 Å². The van der Waals surface area contributed by atoms with Gasteiger partial charge in [-0.2, -0.15) is 0 Å². The highest BCUT2D eigenvalue weighted by Crippen LogP contribution is 2.51. The van der Waals surface area contributed by atoms with E-state index in [2.05, 4.69) is 11.2 Å². The summed E-state index contributed by atoms with van der Waals surface area (Å²) in [6.45, 7) is 0.544. The highest BCUT2D eigenvalue weighted by atomic mass is 32.4. The van der Waals surface area contributed by atoms with E-state index in [0.29, 0.717) is 6.61 Å². The van der Waals surface area contributed by atoms with Crippen LogP contribution in [0.25, 0.3) is 0 Å². The normalized spacial score (nSPS) is 19.2. The van der Waals surface area contributed by atoms with E-state index < -0.39 is 6.42 Å². The fourth-order valence-corrected chi connectivity index (χ4v) is 5.14. The van der Waals surface area contributed by atoms with Crippen LogP contribution in [0.3, 0.4) is 0 Å². The third kappa shape index (κ3) is 3.09. The molecule has 3 aromatic carbocycles. The number of nitrogens with one attached hydrogen (secondary N) is 1. The summed E-state index contributed by atoms with van der Waals surface area (Å²) in [5, 5.41) is 4.41. The molecule has 0 spiro atoms. The molecule has 0 saturated carbocycles. The van der Waals surface area contributed by atoms with Gasteiger partial charge in [0.2, 0.25) is 0 Å². The molecule has 1 unspecified atom stereocenters. The highest BCUT2D eigenvalue weighted by Gasteiger charge is 2.26. The fraction of sp³-hybridized carbons (Fsp3) is 0.0526. The number of hydrogen-bond acceptors (Lipinski definition) is 3. The maximum absolute atomic E-state index is 6.01. The van der Waals surface area contributed by atoms with Crippen LogP contribution in [0.15, 0.2) is 78.9 Å². The molecule has 1 aliphatic heterocycles. The highest BCUT2D eigenvalue weighted by molar-refractivity contribution is 8.16. The average molecular weight is 353 g/mol. The van der Waals surface area contributed by atoms with Gasteiger partial charge in [-0.25, -0.2) is 0 Å². The van der Waals surface area contributed by atoms with Crippen molar-refractivity contribution in [3.63, 3.8) is 0 Å². The lowest BCUT2D eigenvalue weighted by Gasteiger charge is -2.30. The molecule has 0 aromatic heterocycles. The Kier molecular flexibility index (Phi) is 4.11. The van der Waals surface area contributed by atoms with E-state index in [1.54, 1.807) is 0 Å². The standard InChI is InChI=1S/C19H16NO2PS/c24-23(20-19-9-5-4-6-15(19)14-21-23)18-12-10-17(11-13-18)22-16-7-2-1-3-8-16/h1-13H,14H2,(H,20,24). The molecule has 1 atom stereocenters. The smallest absolute Gasteiger partial charge is 0.183 e. The monoisotopic (exact) mass is 353 g/mol. The van der Waals surface area contributed by atoms with Crippen molar-refractivity contribution in [3.05, 3.63) is 84.4 Å². The van der Waals surface area contributed by atoms with Gasteiger partial charge in [-0.15, -0.1) is 0 Å². The van der Waals surface area contributed by atoms with Crippen LogP contribution in [0.1, 0.15) is 5.56 Å². The van der Waals surface area contributed by atoms with Crippen molar-refractivity contribution in [1.82, 2.24) is 0 Å². The molecular weight excluding hydrogens is 337 g/mol. The van der Waals surface area contributed by atoms with Gasteiger partial charge in [0.25, 0.3) is 0 Å². The molecule has 4 rings (SSSR count). The van der Waals surface area contributed by atoms with Gasteiger partial charge in [-0.1, -0.05) is 36.4 Å². The van der Waals surface area contributed by atoms with E-state index in [9.17, 15) is 0 Å². The van der Waals surface area contributed by atoms with Crippen LogP contribution >= 0.6 is 6.42 Å². The first-order valence-electron chi connectivity index (χ1n) is 7.67. The third-order valence-corrected chi connectivity index (χ3v) is 7.07. The molecule has 5 heteroatoms. The second-order valence-corrected chi connectivity index (χ2v) is 9.15. The van der Waals surface area contributed by atoms with Gasteiger partial charge >= 0.3 is 0 Å². The molecule has 0 amide bonds. The Morgan fingerprint density at radius 2 is 1.50 bits per heavy atom. The molecule has 0 fully saturated rings. The van der Waals surface area contributed by atoms with Crippen LogP contribution in [0.2, 0.25) is 0 Å². The summed E-state index contributed by atoms with van der Waals surface area (Å²) >= 11 is 5.81. The summed E-state index contributed by atoms with van der Waals surface area (Å²) in [5.41, 5.74) is 2.21. The van der Waals surface area contributed by atoms with Crippen LogP contribution in [0.4, 0.5) is 5.69 Å². The van der Waals surface area contributed by atoms with Gasteiger partial charge in [0, 0.05) is 16.6 Å². The van der Waals surface area contributed by atoms with Crippen LogP contribution in [-0.4, -0.2) is 0 Å². The lowest BCUT2D eigenvalue weighted by molar-refractivity contribution is 0.342. The molecule has 0 bridgehead atoms. The molecule has 1 aliphatic rings. The number of rotatable bonds is 3. The van der Waals surface area contributed by atoms with Crippen molar-refractivity contribution < 1.29 is 9.26 Å². The van der Waals surface area contributed by atoms with Crippen molar-refractivity contribution in [1.29, 1.82) is 0 Å². The average Bonchev–Trinajstić information content (AvgIpc) is 2.63. The maximum atomic E-state index is 6.01. The zero-order valence-corrected chi connectivity index (χ0v) is 14.6. The molecule has 0 saturated heterocycles. The SMILES string of the molecule is S=P1(c2ccc(Oc3ccccc3)cc2)Nc2ccccc2CO1. The van der Waals surface area contributed by atoms with Gasteiger partial charge in [0.15, 0.2) is 6.42 Å². The Morgan fingerprint density at radius 1 is 0.833 bits per heavy atom. The van der Waals surface area contributed by atoms with Crippen LogP contribution in [0, 0.1) is 0 Å². The Morgan fingerprint density at radius 3 is 2.29 bits per heavy atom. The van der Waals surface area contributed by atoms with E-state index >= 15 is 0 Å². The van der Waals surface area contributed by atoms with Gasteiger partial charge in [-0.3, -0.25) is 0 Å². The molecule has 1 N–H and O–H groups in total. The molecule has 3 nitrogen and oxygen atoms in total. The topological polar surface area (TPSA) is 30.5 Å². The summed E-state index contributed by atoms with van der Waals surface area (Å²) < 4.78 is 11.8. The number of ether oxygens (including phenoxy) is 1. The van der Waals surface area contributed by atoms with Crippen molar-refractivity contribution in [2.45, 2.75) is 6.61 Å². The van der Waals surface area contributed by atoms with Crippen molar-refractivity contribution in [2.75, 3.05) is 5.09 Å². The van der Waals surface area contributed by atoms with E-state index in [-0.39, 0.29) is 0 Å². The van der Waals surface area contributed by atoms with E-state index in [1.807, 2.05) is 72.8 Å². The number of hydrogen-bond donors (Lipinski definition) is 1. The second-order valence-electron chi connectivity index (χ2n) is 5.50. The number of anilines is 1. The van der Waals surface area contributed by atoms with E-state index in [4.69, 9.17) is 21.1 Å². The Bertz CT molecular complexity index is 897. The summed E-state index contributed by atoms with van der Waals surface area (Å²) in [7, 11) is 0. The minimum absolute atomic E-state index is 0.544. The zero-order valence-electron chi connectivity index (χ0n) is 12.9. The first-order valence-corrected chi connectivity index (χ1v) is 10.4. The molecule has 3 aromatic rings. The third-order valence-electron chi connectivity index (χ3n) is 3.84. The van der Waals surface area contributed by atoms with Gasteiger partial charge in [0.05, 0.1) is 6.61 Å². The molecule has 120 valence electrons. The van der Waals surface area contributed by atoms with Gasteiger partial charge < -0.3 is 14.3 Å². The second kappa shape index (κ2) is 6.40. The summed E-state index contributed by atoms with van der Waals surface area (Å²) in [6, 6.07) is 25.7. The van der Waals surface area contributed by atoms with Crippen LogP contribution in [0.5, 0.6) is 11.5 Å². The summed E-state index contributed by atoms with van der Waals surface area (Å²) in [6.07, 6.45) is -2.27. The largest absolute Gasteiger partial charge is 0.457 e. The number of fused-ring (bicyclic) bond motifs is 1. The Labute approximate surface area is 146 Å². The Balaban J connectivity index is 1.56. The maximum Gasteiger partial charge on any atom is 0.183 e. The summed E-state index contributed by atoms with van der Waals surface area (Å²) in [5.74, 6) is 1.60. The van der Waals surface area contributed by atoms with Crippen molar-refractivity contribution >= 4 is 29.2 Å². The predicted octanol–water partition coefficient (Wildman–Crippen LogP) is 5.06. The van der Waals surface area contributed by atoms with Gasteiger partial charge in [0.1, 0.15) is 11.5 Å². The minimum Gasteiger partial charge on any atom is -0.457 e. The van der Waals surface area contributed by atoms with E-state index in [1.165, 1.54) is 0 Å². The molecular formula is C19H16NO2PS. The number of para-hydroxylation sites is 2. The quantitative estimate of drug-likeness (QED) is 0.667. The zero-order chi connectivity index (χ0) is 16.4. The number of benzene rings is 3. The molecule has 0 aliphatic carbocycles.